The highest BCUT2D eigenvalue weighted by atomic mass is 79.9. The fourth-order valence-corrected chi connectivity index (χ4v) is 3.38. The van der Waals surface area contributed by atoms with Crippen LogP contribution in [0.5, 0.6) is 0 Å². The van der Waals surface area contributed by atoms with Crippen LogP contribution in [-0.2, 0) is 9.05 Å². The number of hydrogen-bond donors (Lipinski definition) is 1. The van der Waals surface area contributed by atoms with Crippen LogP contribution in [0, 0.1) is 12.3 Å². The SMILES string of the molecule is Cc1c(Br)cc(S(=O)(=O)Cl)cc1C(=O)NC1CC1(C)C. The quantitative estimate of drug-likeness (QED) is 0.819. The van der Waals surface area contributed by atoms with Gasteiger partial charge in [-0.3, -0.25) is 4.79 Å². The maximum atomic E-state index is 12.3. The van der Waals surface area contributed by atoms with E-state index in [0.717, 1.165) is 6.42 Å². The van der Waals surface area contributed by atoms with Crippen molar-refractivity contribution >= 4 is 41.6 Å². The normalized spacial score (nSPS) is 20.6. The average Bonchev–Trinajstić information content (AvgIpc) is 2.87. The molecule has 0 heterocycles. The molecule has 1 atom stereocenters. The minimum Gasteiger partial charge on any atom is -0.349 e. The first-order chi connectivity index (χ1) is 9.02. The van der Waals surface area contributed by atoms with Gasteiger partial charge in [-0.25, -0.2) is 8.42 Å². The number of carbonyl (C=O) groups excluding carboxylic acids is 1. The lowest BCUT2D eigenvalue weighted by Gasteiger charge is -2.11. The van der Waals surface area contributed by atoms with E-state index >= 15 is 0 Å². The van der Waals surface area contributed by atoms with E-state index in [1.807, 2.05) is 0 Å². The van der Waals surface area contributed by atoms with Crippen LogP contribution in [0.25, 0.3) is 0 Å². The summed E-state index contributed by atoms with van der Waals surface area (Å²) in [5.41, 5.74) is 1.11. The van der Waals surface area contributed by atoms with Gasteiger partial charge >= 0.3 is 0 Å². The first-order valence-electron chi connectivity index (χ1n) is 6.08. The molecule has 1 fully saturated rings. The molecule has 0 aliphatic heterocycles. The molecule has 1 unspecified atom stereocenters. The Hall–Kier alpha value is -0.590. The standard InChI is InChI=1S/C13H15BrClNO3S/c1-7-9(12(17)16-11-6-13(11,2)3)4-8(5-10(7)14)20(15,18)19/h4-5,11H,6H2,1-3H3,(H,16,17). The van der Waals surface area contributed by atoms with Crippen LogP contribution in [0.2, 0.25) is 0 Å². The van der Waals surface area contributed by atoms with Crippen molar-refractivity contribution in [3.8, 4) is 0 Å². The van der Waals surface area contributed by atoms with E-state index in [-0.39, 0.29) is 22.3 Å². The first-order valence-corrected chi connectivity index (χ1v) is 9.18. The van der Waals surface area contributed by atoms with Crippen LogP contribution in [0.15, 0.2) is 21.5 Å². The minimum atomic E-state index is -3.87. The average molecular weight is 381 g/mol. The molecule has 1 aromatic rings. The molecule has 1 saturated carbocycles. The molecule has 0 spiro atoms. The lowest BCUT2D eigenvalue weighted by Crippen LogP contribution is -2.29. The summed E-state index contributed by atoms with van der Waals surface area (Å²) < 4.78 is 23.4. The van der Waals surface area contributed by atoms with Gasteiger partial charge in [-0.05, 0) is 36.5 Å². The third kappa shape index (κ3) is 3.18. The number of hydrogen-bond acceptors (Lipinski definition) is 3. The zero-order chi connectivity index (χ0) is 15.3. The molecule has 1 aromatic carbocycles. The summed E-state index contributed by atoms with van der Waals surface area (Å²) in [4.78, 5) is 12.2. The molecule has 7 heteroatoms. The molecule has 0 bridgehead atoms. The Kier molecular flexibility index (Phi) is 3.95. The van der Waals surface area contributed by atoms with Gasteiger partial charge in [0.2, 0.25) is 0 Å². The van der Waals surface area contributed by atoms with Crippen molar-refractivity contribution in [1.29, 1.82) is 0 Å². The van der Waals surface area contributed by atoms with Gasteiger partial charge in [0.1, 0.15) is 0 Å². The Morgan fingerprint density at radius 2 is 2.00 bits per heavy atom. The van der Waals surface area contributed by atoms with E-state index in [2.05, 4.69) is 35.1 Å². The van der Waals surface area contributed by atoms with Crippen LogP contribution in [0.3, 0.4) is 0 Å². The molecule has 110 valence electrons. The van der Waals surface area contributed by atoms with E-state index in [1.165, 1.54) is 12.1 Å². The molecule has 4 nitrogen and oxygen atoms in total. The number of nitrogens with one attached hydrogen (secondary N) is 1. The summed E-state index contributed by atoms with van der Waals surface area (Å²) in [5.74, 6) is -0.277. The van der Waals surface area contributed by atoms with E-state index in [9.17, 15) is 13.2 Å². The number of halogens is 2. The van der Waals surface area contributed by atoms with Gasteiger partial charge in [0, 0.05) is 26.8 Å². The highest BCUT2D eigenvalue weighted by Crippen LogP contribution is 2.44. The molecule has 0 aromatic heterocycles. The Bertz CT molecular complexity index is 685. The van der Waals surface area contributed by atoms with Gasteiger partial charge < -0.3 is 5.32 Å². The zero-order valence-corrected chi connectivity index (χ0v) is 14.5. The smallest absolute Gasteiger partial charge is 0.261 e. The molecule has 0 radical (unpaired) electrons. The van der Waals surface area contributed by atoms with Gasteiger partial charge in [-0.2, -0.15) is 0 Å². The second-order valence-corrected chi connectivity index (χ2v) is 9.15. The fraction of sp³-hybridized carbons (Fsp3) is 0.462. The van der Waals surface area contributed by atoms with Gasteiger partial charge in [-0.15, -0.1) is 0 Å². The fourth-order valence-electron chi connectivity index (χ4n) is 1.98. The van der Waals surface area contributed by atoms with E-state index < -0.39 is 9.05 Å². The van der Waals surface area contributed by atoms with Gasteiger partial charge in [0.05, 0.1) is 4.90 Å². The number of amides is 1. The van der Waals surface area contributed by atoms with Crippen LogP contribution < -0.4 is 5.32 Å². The Balaban J connectivity index is 2.36. The summed E-state index contributed by atoms with van der Waals surface area (Å²) >= 11 is 3.26. The van der Waals surface area contributed by atoms with Gasteiger partial charge in [0.25, 0.3) is 15.0 Å². The molecule has 0 saturated heterocycles. The van der Waals surface area contributed by atoms with E-state index in [4.69, 9.17) is 10.7 Å². The summed E-state index contributed by atoms with van der Waals surface area (Å²) in [6, 6.07) is 2.84. The predicted molar refractivity (Wildman–Crippen MR) is 81.6 cm³/mol. The van der Waals surface area contributed by atoms with Crippen molar-refractivity contribution in [1.82, 2.24) is 5.32 Å². The second kappa shape index (κ2) is 5.00. The van der Waals surface area contributed by atoms with E-state index in [1.54, 1.807) is 6.92 Å². The molecular formula is C13H15BrClNO3S. The number of rotatable bonds is 3. The molecular weight excluding hydrogens is 366 g/mol. The predicted octanol–water partition coefficient (Wildman–Crippen LogP) is 3.21. The summed E-state index contributed by atoms with van der Waals surface area (Å²) in [5, 5.41) is 2.91. The maximum Gasteiger partial charge on any atom is 0.261 e. The molecule has 2 rings (SSSR count). The summed E-state index contributed by atoms with van der Waals surface area (Å²) in [6.45, 7) is 5.89. The largest absolute Gasteiger partial charge is 0.349 e. The van der Waals surface area contributed by atoms with Crippen molar-refractivity contribution in [3.63, 3.8) is 0 Å². The van der Waals surface area contributed by atoms with E-state index in [0.29, 0.717) is 15.6 Å². The Labute approximate surface area is 131 Å². The second-order valence-electron chi connectivity index (χ2n) is 5.73. The third-order valence-corrected chi connectivity index (χ3v) is 5.82. The van der Waals surface area contributed by atoms with Crippen molar-refractivity contribution in [2.75, 3.05) is 0 Å². The molecule has 20 heavy (non-hydrogen) atoms. The number of carbonyl (C=O) groups is 1. The topological polar surface area (TPSA) is 63.2 Å². The highest BCUT2D eigenvalue weighted by Gasteiger charge is 2.46. The van der Waals surface area contributed by atoms with Crippen LogP contribution in [0.4, 0.5) is 0 Å². The van der Waals surface area contributed by atoms with Crippen LogP contribution in [0.1, 0.15) is 36.2 Å². The highest BCUT2D eigenvalue weighted by molar-refractivity contribution is 9.10. The lowest BCUT2D eigenvalue weighted by molar-refractivity contribution is 0.0945. The molecule has 1 N–H and O–H groups in total. The zero-order valence-electron chi connectivity index (χ0n) is 11.3. The Morgan fingerprint density at radius 3 is 2.45 bits per heavy atom. The monoisotopic (exact) mass is 379 g/mol. The van der Waals surface area contributed by atoms with Gasteiger partial charge in [0.15, 0.2) is 0 Å². The summed E-state index contributed by atoms with van der Waals surface area (Å²) in [7, 11) is 1.47. The van der Waals surface area contributed by atoms with Crippen molar-refractivity contribution in [2.24, 2.45) is 5.41 Å². The first kappa shape index (κ1) is 15.8. The maximum absolute atomic E-state index is 12.3. The molecule has 1 aliphatic carbocycles. The summed E-state index contributed by atoms with van der Waals surface area (Å²) in [6.07, 6.45) is 0.923. The minimum absolute atomic E-state index is 0.0863. The van der Waals surface area contributed by atoms with Crippen molar-refractivity contribution in [3.05, 3.63) is 27.7 Å². The molecule has 1 amide bonds. The third-order valence-electron chi connectivity index (χ3n) is 3.66. The van der Waals surface area contributed by atoms with Crippen molar-refractivity contribution < 1.29 is 13.2 Å². The molecule has 1 aliphatic rings. The van der Waals surface area contributed by atoms with Gasteiger partial charge in [-0.1, -0.05) is 29.8 Å². The number of benzene rings is 1. The lowest BCUT2D eigenvalue weighted by atomic mass is 10.1. The van der Waals surface area contributed by atoms with Crippen molar-refractivity contribution in [2.45, 2.75) is 38.1 Å². The van der Waals surface area contributed by atoms with Crippen LogP contribution in [-0.4, -0.2) is 20.4 Å². The van der Waals surface area contributed by atoms with Crippen LogP contribution >= 0.6 is 26.6 Å². The Morgan fingerprint density at radius 1 is 1.45 bits per heavy atom.